The molecule has 0 bridgehead atoms. The van der Waals surface area contributed by atoms with Gasteiger partial charge in [-0.05, 0) is 30.7 Å². The van der Waals surface area contributed by atoms with Crippen molar-refractivity contribution in [2.75, 3.05) is 50.2 Å². The molecule has 0 saturated carbocycles. The second-order valence-electron chi connectivity index (χ2n) is 9.66. The Kier molecular flexibility index (Phi) is 12.3. The van der Waals surface area contributed by atoms with Crippen molar-refractivity contribution in [3.8, 4) is 0 Å². The molecule has 1 aliphatic rings. The number of benzene rings is 2. The molecular formula is C30H31F6N5O5. The van der Waals surface area contributed by atoms with Gasteiger partial charge >= 0.3 is 18.5 Å². The highest BCUT2D eigenvalue weighted by Gasteiger charge is 2.37. The van der Waals surface area contributed by atoms with Gasteiger partial charge in [0.1, 0.15) is 11.4 Å². The minimum atomic E-state index is -5.04. The van der Waals surface area contributed by atoms with Crippen LogP contribution in [-0.2, 0) is 28.4 Å². The zero-order chi connectivity index (χ0) is 33.9. The number of halogens is 6. The van der Waals surface area contributed by atoms with E-state index in [-0.39, 0.29) is 36.5 Å². The van der Waals surface area contributed by atoms with Gasteiger partial charge in [-0.1, -0.05) is 42.5 Å². The molecule has 2 N–H and O–H groups in total. The highest BCUT2D eigenvalue weighted by atomic mass is 19.4. The first-order valence-electron chi connectivity index (χ1n) is 13.7. The molecule has 1 saturated heterocycles. The van der Waals surface area contributed by atoms with Crippen LogP contribution in [0.1, 0.15) is 34.0 Å². The normalized spacial score (nSPS) is 13.5. The summed E-state index contributed by atoms with van der Waals surface area (Å²) < 4.78 is 90.1. The predicted octanol–water partition coefficient (Wildman–Crippen LogP) is 6.62. The lowest BCUT2D eigenvalue weighted by molar-refractivity contribution is -0.143. The molecule has 1 aliphatic heterocycles. The van der Waals surface area contributed by atoms with Gasteiger partial charge in [0.25, 0.3) is 5.91 Å². The van der Waals surface area contributed by atoms with Crippen LogP contribution in [0.15, 0.2) is 66.9 Å². The van der Waals surface area contributed by atoms with E-state index in [0.29, 0.717) is 38.4 Å². The van der Waals surface area contributed by atoms with Crippen LogP contribution in [0.5, 0.6) is 0 Å². The van der Waals surface area contributed by atoms with Gasteiger partial charge in [0.15, 0.2) is 0 Å². The molecule has 0 atom stereocenters. The minimum absolute atomic E-state index is 0.0368. The maximum atomic E-state index is 13.8. The molecule has 1 fully saturated rings. The minimum Gasteiger partial charge on any atom is -0.450 e. The number of hydrogen-bond donors (Lipinski definition) is 2. The molecule has 1 amide bonds. The second kappa shape index (κ2) is 15.9. The lowest BCUT2D eigenvalue weighted by atomic mass is 10.1. The van der Waals surface area contributed by atoms with Crippen molar-refractivity contribution < 1.29 is 50.5 Å². The molecule has 4 rings (SSSR count). The van der Waals surface area contributed by atoms with Gasteiger partial charge in [-0.15, -0.1) is 0 Å². The van der Waals surface area contributed by atoms with Gasteiger partial charge in [-0.25, -0.2) is 9.78 Å². The van der Waals surface area contributed by atoms with E-state index in [9.17, 15) is 31.1 Å². The summed E-state index contributed by atoms with van der Waals surface area (Å²) in [6.45, 7) is 3.75. The maximum absolute atomic E-state index is 13.8. The van der Waals surface area contributed by atoms with Gasteiger partial charge < -0.3 is 29.7 Å². The summed E-state index contributed by atoms with van der Waals surface area (Å²) in [5.74, 6) is -0.637. The smallest absolute Gasteiger partial charge is 0.450 e. The summed E-state index contributed by atoms with van der Waals surface area (Å²) >= 11 is 0. The molecule has 2 heterocycles. The van der Waals surface area contributed by atoms with E-state index in [1.54, 1.807) is 24.0 Å². The van der Waals surface area contributed by atoms with Crippen LogP contribution in [0.25, 0.3) is 0 Å². The Balaban J connectivity index is 0.00000107. The molecule has 0 unspecified atom stereocenters. The fraction of sp³-hybridized carbons (Fsp3) is 0.333. The first kappa shape index (κ1) is 35.6. The fourth-order valence-electron chi connectivity index (χ4n) is 4.13. The summed E-state index contributed by atoms with van der Waals surface area (Å²) in [4.78, 5) is 34.8. The maximum Gasteiger partial charge on any atom is 0.505 e. The molecule has 0 aliphatic carbocycles. The predicted molar refractivity (Wildman–Crippen MR) is 156 cm³/mol. The molecular weight excluding hydrogens is 624 g/mol. The Morgan fingerprint density at radius 3 is 2.15 bits per heavy atom. The highest BCUT2D eigenvalue weighted by Crippen LogP contribution is 2.38. The van der Waals surface area contributed by atoms with Crippen LogP contribution in [0.3, 0.4) is 0 Å². The first-order chi connectivity index (χ1) is 21.7. The average molecular weight is 656 g/mol. The van der Waals surface area contributed by atoms with Gasteiger partial charge in [-0.3, -0.25) is 4.79 Å². The number of morpholine rings is 1. The molecule has 16 heteroatoms. The Morgan fingerprint density at radius 2 is 1.63 bits per heavy atom. The van der Waals surface area contributed by atoms with Crippen LogP contribution in [0.2, 0.25) is 0 Å². The number of aromatic nitrogens is 2. The van der Waals surface area contributed by atoms with E-state index >= 15 is 0 Å². The number of methoxy groups -OCH3 is 1. The first-order valence-corrected chi connectivity index (χ1v) is 13.7. The van der Waals surface area contributed by atoms with E-state index in [0.717, 1.165) is 12.7 Å². The summed E-state index contributed by atoms with van der Waals surface area (Å²) in [6.07, 6.45) is -6.60. The number of allylic oxidation sites excluding steroid dienone is 1. The number of amides is 1. The quantitative estimate of drug-likeness (QED) is 0.157. The van der Waals surface area contributed by atoms with Crippen molar-refractivity contribution in [3.05, 3.63) is 89.1 Å². The van der Waals surface area contributed by atoms with Crippen molar-refractivity contribution >= 4 is 29.5 Å². The summed E-state index contributed by atoms with van der Waals surface area (Å²) in [5.41, 5.74) is -2.82. The SMILES string of the molecule is C/C=C/CN(Cc1ccccc1)C(=O)c1cnc(N2CCOCC2)nc1Nc1cc(C(F)(F)F)cc(C(F)(F)F)c1.COC(=O)O. The molecule has 0 spiro atoms. The molecule has 3 aromatic rings. The monoisotopic (exact) mass is 655 g/mol. The lowest BCUT2D eigenvalue weighted by Gasteiger charge is -2.28. The molecule has 46 heavy (non-hydrogen) atoms. The Labute approximate surface area is 260 Å². The Bertz CT molecular complexity index is 1460. The van der Waals surface area contributed by atoms with E-state index in [4.69, 9.17) is 14.6 Å². The number of nitrogens with zero attached hydrogens (tertiary/aromatic N) is 4. The van der Waals surface area contributed by atoms with Crippen LogP contribution in [0, 0.1) is 0 Å². The molecule has 10 nitrogen and oxygen atoms in total. The standard InChI is InChI=1S/C28H27F6N5O2.C2H4O3/c1-2-3-9-39(18-19-7-5-4-6-8-19)25(40)23-17-35-26(38-10-12-41-13-11-38)37-24(23)36-22-15-20(27(29,30)31)14-21(16-22)28(32,33)34;1-5-2(3)4/h2-8,14-17H,9-13,18H2,1H3,(H,35,36,37);1H3,(H,3,4)/b3-2+;. The van der Waals surface area contributed by atoms with Crippen LogP contribution in [0.4, 0.5) is 48.6 Å². The van der Waals surface area contributed by atoms with Crippen molar-refractivity contribution in [1.82, 2.24) is 14.9 Å². The van der Waals surface area contributed by atoms with E-state index in [1.807, 2.05) is 30.3 Å². The molecule has 1 aromatic heterocycles. The van der Waals surface area contributed by atoms with Crippen LogP contribution < -0.4 is 10.2 Å². The van der Waals surface area contributed by atoms with Gasteiger partial charge in [0, 0.05) is 38.1 Å². The van der Waals surface area contributed by atoms with Crippen molar-refractivity contribution in [1.29, 1.82) is 0 Å². The number of carboxylic acid groups (broad SMARTS) is 1. The van der Waals surface area contributed by atoms with Crippen molar-refractivity contribution in [2.45, 2.75) is 25.8 Å². The highest BCUT2D eigenvalue weighted by molar-refractivity contribution is 5.99. The fourth-order valence-corrected chi connectivity index (χ4v) is 4.13. The number of alkyl halides is 6. The van der Waals surface area contributed by atoms with Crippen molar-refractivity contribution in [2.24, 2.45) is 0 Å². The molecule has 248 valence electrons. The van der Waals surface area contributed by atoms with Crippen molar-refractivity contribution in [3.63, 3.8) is 0 Å². The third-order valence-electron chi connectivity index (χ3n) is 6.39. The Hall–Kier alpha value is -4.86. The number of carbonyl (C=O) groups excluding carboxylic acids is 1. The third kappa shape index (κ3) is 10.4. The second-order valence-corrected chi connectivity index (χ2v) is 9.66. The largest absolute Gasteiger partial charge is 0.505 e. The summed E-state index contributed by atoms with van der Waals surface area (Å²) in [7, 11) is 1.10. The Morgan fingerprint density at radius 1 is 1.04 bits per heavy atom. The number of rotatable bonds is 8. The topological polar surface area (TPSA) is 117 Å². The van der Waals surface area contributed by atoms with E-state index in [1.165, 1.54) is 11.1 Å². The lowest BCUT2D eigenvalue weighted by Crippen LogP contribution is -2.37. The number of ether oxygens (including phenoxy) is 2. The van der Waals surface area contributed by atoms with Crippen LogP contribution >= 0.6 is 0 Å². The average Bonchev–Trinajstić information content (AvgIpc) is 3.03. The van der Waals surface area contributed by atoms with E-state index in [2.05, 4.69) is 20.0 Å². The van der Waals surface area contributed by atoms with Gasteiger partial charge in [0.05, 0.1) is 31.5 Å². The van der Waals surface area contributed by atoms with E-state index < -0.39 is 41.2 Å². The number of anilines is 3. The molecule has 0 radical (unpaired) electrons. The zero-order valence-electron chi connectivity index (χ0n) is 24.7. The number of nitrogens with one attached hydrogen (secondary N) is 1. The van der Waals surface area contributed by atoms with Crippen LogP contribution in [-0.4, -0.2) is 72.0 Å². The molecule has 2 aromatic carbocycles. The number of carbonyl (C=O) groups is 2. The van der Waals surface area contributed by atoms with Gasteiger partial charge in [-0.2, -0.15) is 31.3 Å². The summed E-state index contributed by atoms with van der Waals surface area (Å²) in [5, 5.41) is 10.1. The number of hydrogen-bond acceptors (Lipinski definition) is 8. The third-order valence-corrected chi connectivity index (χ3v) is 6.39. The summed E-state index contributed by atoms with van der Waals surface area (Å²) in [6, 6.07) is 10.2. The van der Waals surface area contributed by atoms with Gasteiger partial charge in [0.2, 0.25) is 5.95 Å². The zero-order valence-corrected chi connectivity index (χ0v) is 24.7.